The van der Waals surface area contributed by atoms with Crippen molar-refractivity contribution in [2.45, 2.75) is 25.1 Å². The lowest BCUT2D eigenvalue weighted by atomic mass is 9.84. The van der Waals surface area contributed by atoms with Gasteiger partial charge in [-0.2, -0.15) is 17.6 Å². The SMILES string of the molecule is CN1CC[C@@H](C(F)(F)F)C[C@H]1C1C#CC(F)=C(F)C=C1. The summed E-state index contributed by atoms with van der Waals surface area (Å²) in [5.41, 5.74) is 0. The Bertz CT molecular complexity index is 494. The van der Waals surface area contributed by atoms with E-state index in [0.29, 0.717) is 6.54 Å². The molecule has 1 aliphatic heterocycles. The molecule has 2 aliphatic rings. The summed E-state index contributed by atoms with van der Waals surface area (Å²) in [6, 6.07) is -0.488. The molecule has 1 heterocycles. The van der Waals surface area contributed by atoms with Crippen LogP contribution in [0, 0.1) is 23.7 Å². The third kappa shape index (κ3) is 3.21. The molecule has 0 spiro atoms. The largest absolute Gasteiger partial charge is 0.391 e. The summed E-state index contributed by atoms with van der Waals surface area (Å²) in [6.45, 7) is 0.291. The van der Waals surface area contributed by atoms with E-state index in [9.17, 15) is 22.0 Å². The second kappa shape index (κ2) is 5.57. The highest BCUT2D eigenvalue weighted by Crippen LogP contribution is 2.38. The van der Waals surface area contributed by atoms with Crippen molar-refractivity contribution in [2.24, 2.45) is 11.8 Å². The molecule has 1 aliphatic carbocycles. The minimum absolute atomic E-state index is 0.0430. The van der Waals surface area contributed by atoms with Crippen LogP contribution in [-0.4, -0.2) is 30.7 Å². The first-order chi connectivity index (χ1) is 9.29. The number of rotatable bonds is 1. The van der Waals surface area contributed by atoms with Crippen LogP contribution in [0.15, 0.2) is 23.8 Å². The smallest absolute Gasteiger partial charge is 0.302 e. The van der Waals surface area contributed by atoms with Crippen LogP contribution in [0.4, 0.5) is 22.0 Å². The summed E-state index contributed by atoms with van der Waals surface area (Å²) in [4.78, 5) is 1.77. The number of likely N-dealkylation sites (tertiary alicyclic amines) is 1. The monoisotopic (exact) mass is 291 g/mol. The Morgan fingerprint density at radius 1 is 1.30 bits per heavy atom. The van der Waals surface area contributed by atoms with Crippen molar-refractivity contribution < 1.29 is 22.0 Å². The minimum atomic E-state index is -4.24. The van der Waals surface area contributed by atoms with Crippen molar-refractivity contribution in [3.8, 4) is 11.8 Å². The van der Waals surface area contributed by atoms with Gasteiger partial charge >= 0.3 is 6.18 Å². The predicted octanol–water partition coefficient (Wildman–Crippen LogP) is 3.60. The van der Waals surface area contributed by atoms with E-state index >= 15 is 0 Å². The van der Waals surface area contributed by atoms with Crippen LogP contribution < -0.4 is 0 Å². The van der Waals surface area contributed by atoms with Crippen LogP contribution in [0.25, 0.3) is 0 Å². The zero-order chi connectivity index (χ0) is 14.9. The van der Waals surface area contributed by atoms with Gasteiger partial charge in [-0.15, -0.1) is 0 Å². The van der Waals surface area contributed by atoms with E-state index in [0.717, 1.165) is 6.08 Å². The van der Waals surface area contributed by atoms with Gasteiger partial charge < -0.3 is 4.90 Å². The van der Waals surface area contributed by atoms with Crippen molar-refractivity contribution in [2.75, 3.05) is 13.6 Å². The molecule has 1 saturated heterocycles. The van der Waals surface area contributed by atoms with Gasteiger partial charge in [-0.05, 0) is 38.4 Å². The Hall–Kier alpha value is -1.35. The maximum Gasteiger partial charge on any atom is 0.391 e. The molecule has 0 amide bonds. The Kier molecular flexibility index (Phi) is 4.19. The average Bonchev–Trinajstić information content (AvgIpc) is 2.52. The number of hydrogen-bond acceptors (Lipinski definition) is 1. The minimum Gasteiger partial charge on any atom is -0.302 e. The van der Waals surface area contributed by atoms with Crippen molar-refractivity contribution >= 4 is 0 Å². The predicted molar refractivity (Wildman–Crippen MR) is 64.8 cm³/mol. The molecule has 0 aromatic carbocycles. The summed E-state index contributed by atoms with van der Waals surface area (Å²) >= 11 is 0. The van der Waals surface area contributed by atoms with Gasteiger partial charge in [-0.25, -0.2) is 4.39 Å². The molecule has 0 saturated carbocycles. The Morgan fingerprint density at radius 2 is 2.00 bits per heavy atom. The highest BCUT2D eigenvalue weighted by molar-refractivity contribution is 5.36. The van der Waals surface area contributed by atoms with E-state index in [1.165, 1.54) is 6.08 Å². The van der Waals surface area contributed by atoms with E-state index in [1.807, 2.05) is 5.92 Å². The quantitative estimate of drug-likeness (QED) is 0.527. The number of alkyl halides is 3. The first-order valence-electron chi connectivity index (χ1n) is 6.31. The van der Waals surface area contributed by atoms with E-state index in [2.05, 4.69) is 5.92 Å². The average molecular weight is 291 g/mol. The van der Waals surface area contributed by atoms with Gasteiger partial charge in [0.05, 0.1) is 11.8 Å². The van der Waals surface area contributed by atoms with Crippen molar-refractivity contribution in [3.63, 3.8) is 0 Å². The molecule has 2 rings (SSSR count). The molecule has 3 atom stereocenters. The third-order valence-electron chi connectivity index (χ3n) is 3.81. The molecule has 1 fully saturated rings. The van der Waals surface area contributed by atoms with E-state index in [4.69, 9.17) is 0 Å². The van der Waals surface area contributed by atoms with Crippen LogP contribution in [0.3, 0.4) is 0 Å². The molecule has 0 bridgehead atoms. The highest BCUT2D eigenvalue weighted by Gasteiger charge is 2.44. The fraction of sp³-hybridized carbons (Fsp3) is 0.571. The fourth-order valence-electron chi connectivity index (χ4n) is 2.57. The zero-order valence-corrected chi connectivity index (χ0v) is 10.8. The van der Waals surface area contributed by atoms with E-state index < -0.39 is 35.7 Å². The molecular weight excluding hydrogens is 277 g/mol. The Morgan fingerprint density at radius 3 is 2.65 bits per heavy atom. The molecule has 0 aromatic rings. The molecule has 20 heavy (non-hydrogen) atoms. The summed E-state index contributed by atoms with van der Waals surface area (Å²) in [7, 11) is 1.71. The number of hydrogen-bond donors (Lipinski definition) is 0. The summed E-state index contributed by atoms with van der Waals surface area (Å²) in [5.74, 6) is 0.307. The molecule has 0 radical (unpaired) electrons. The Balaban J connectivity index is 2.17. The highest BCUT2D eigenvalue weighted by atomic mass is 19.4. The second-order valence-electron chi connectivity index (χ2n) is 5.13. The van der Waals surface area contributed by atoms with Crippen molar-refractivity contribution in [1.29, 1.82) is 0 Å². The molecule has 1 unspecified atom stereocenters. The van der Waals surface area contributed by atoms with Gasteiger partial charge in [0.25, 0.3) is 0 Å². The van der Waals surface area contributed by atoms with Crippen molar-refractivity contribution in [3.05, 3.63) is 23.8 Å². The zero-order valence-electron chi connectivity index (χ0n) is 10.8. The van der Waals surface area contributed by atoms with Gasteiger partial charge in [0.15, 0.2) is 5.83 Å². The fourth-order valence-corrected chi connectivity index (χ4v) is 2.57. The maximum atomic E-state index is 13.1. The lowest BCUT2D eigenvalue weighted by Gasteiger charge is -2.39. The topological polar surface area (TPSA) is 3.24 Å². The van der Waals surface area contributed by atoms with Gasteiger partial charge in [-0.3, -0.25) is 0 Å². The number of allylic oxidation sites excluding steroid dienone is 3. The van der Waals surface area contributed by atoms with Gasteiger partial charge in [-0.1, -0.05) is 12.0 Å². The first kappa shape index (κ1) is 15.0. The summed E-state index contributed by atoms with van der Waals surface area (Å²) in [5, 5.41) is 0. The second-order valence-corrected chi connectivity index (χ2v) is 5.13. The summed E-state index contributed by atoms with van der Waals surface area (Å²) < 4.78 is 64.5. The molecule has 110 valence electrons. The van der Waals surface area contributed by atoms with Crippen LogP contribution >= 0.6 is 0 Å². The van der Waals surface area contributed by atoms with Crippen LogP contribution in [0.5, 0.6) is 0 Å². The lowest BCUT2D eigenvalue weighted by Crippen LogP contribution is -2.46. The number of piperidine rings is 1. The standard InChI is InChI=1S/C14H14F5N/c1-20-7-6-10(14(17,18)19)8-13(20)9-2-4-11(15)12(16)5-3-9/h2,4,9-10,13H,6-8H2,1H3/t9?,10-,13+/m1/s1. The van der Waals surface area contributed by atoms with Gasteiger partial charge in [0.2, 0.25) is 5.83 Å². The number of halogens is 5. The summed E-state index contributed by atoms with van der Waals surface area (Å²) in [6.07, 6.45) is -2.03. The van der Waals surface area contributed by atoms with Crippen LogP contribution in [0.1, 0.15) is 12.8 Å². The lowest BCUT2D eigenvalue weighted by molar-refractivity contribution is -0.189. The van der Waals surface area contributed by atoms with Gasteiger partial charge in [0.1, 0.15) is 0 Å². The van der Waals surface area contributed by atoms with E-state index in [1.54, 1.807) is 11.9 Å². The van der Waals surface area contributed by atoms with Crippen LogP contribution in [0.2, 0.25) is 0 Å². The maximum absolute atomic E-state index is 13.1. The molecule has 6 heteroatoms. The molecular formula is C14H14F5N. The molecule has 0 N–H and O–H groups in total. The first-order valence-corrected chi connectivity index (χ1v) is 6.31. The van der Waals surface area contributed by atoms with E-state index in [-0.39, 0.29) is 12.8 Å². The molecule has 0 aromatic heterocycles. The third-order valence-corrected chi connectivity index (χ3v) is 3.81. The molecule has 1 nitrogen and oxygen atoms in total. The normalized spacial score (nSPS) is 31.8. The van der Waals surface area contributed by atoms with Gasteiger partial charge in [0, 0.05) is 6.04 Å². The van der Waals surface area contributed by atoms with Crippen LogP contribution in [-0.2, 0) is 0 Å². The van der Waals surface area contributed by atoms with Crippen molar-refractivity contribution in [1.82, 2.24) is 4.90 Å². The number of nitrogens with zero attached hydrogens (tertiary/aromatic N) is 1. The Labute approximate surface area is 114 Å².